The summed E-state index contributed by atoms with van der Waals surface area (Å²) in [4.78, 5) is 8.00. The van der Waals surface area contributed by atoms with E-state index < -0.39 is 0 Å². The molecule has 2 aromatic rings. The number of halogens is 1. The first-order valence-corrected chi connectivity index (χ1v) is 10.6. The highest BCUT2D eigenvalue weighted by atomic mass is 35.5. The van der Waals surface area contributed by atoms with Gasteiger partial charge in [-0.05, 0) is 71.2 Å². The molecular weight excluding hydrogens is 372 g/mol. The molecule has 0 atom stereocenters. The molecule has 0 aliphatic carbocycles. The van der Waals surface area contributed by atoms with E-state index in [4.69, 9.17) is 0 Å². The van der Waals surface area contributed by atoms with Crippen molar-refractivity contribution >= 4 is 35.5 Å². The Morgan fingerprint density at radius 2 is 1.26 bits per heavy atom. The van der Waals surface area contributed by atoms with Crippen LogP contribution in [0.1, 0.15) is 47.0 Å². The van der Waals surface area contributed by atoms with Crippen LogP contribution in [0.3, 0.4) is 0 Å². The Morgan fingerprint density at radius 3 is 1.78 bits per heavy atom. The minimum Gasteiger partial charge on any atom is -0.338 e. The lowest BCUT2D eigenvalue weighted by Crippen LogP contribution is -2.60. The number of hydrogen-bond donors (Lipinski definition) is 0. The second-order valence-corrected chi connectivity index (χ2v) is 9.90. The minimum absolute atomic E-state index is 0. The molecule has 146 valence electrons. The Bertz CT molecular complexity index is 741. The highest BCUT2D eigenvalue weighted by molar-refractivity contribution is 7.99. The Hall–Kier alpha value is -1.16. The SMILES string of the molecule is CC1(C)CCCC(C)(C)N1CCN1c2ccccc2Sc2ccccc21.Cl. The Morgan fingerprint density at radius 1 is 0.778 bits per heavy atom. The average molecular weight is 403 g/mol. The van der Waals surface area contributed by atoms with Crippen LogP contribution in [0, 0.1) is 0 Å². The molecule has 4 heteroatoms. The molecule has 2 aliphatic heterocycles. The molecule has 0 saturated carbocycles. The summed E-state index contributed by atoms with van der Waals surface area (Å²) in [7, 11) is 0. The van der Waals surface area contributed by atoms with E-state index in [1.54, 1.807) is 0 Å². The largest absolute Gasteiger partial charge is 0.338 e. The summed E-state index contributed by atoms with van der Waals surface area (Å²) in [5.41, 5.74) is 3.24. The van der Waals surface area contributed by atoms with Crippen LogP contribution in [0.4, 0.5) is 11.4 Å². The van der Waals surface area contributed by atoms with E-state index in [2.05, 4.69) is 86.0 Å². The van der Waals surface area contributed by atoms with Crippen molar-refractivity contribution in [3.8, 4) is 0 Å². The summed E-state index contributed by atoms with van der Waals surface area (Å²) in [6.07, 6.45) is 3.92. The molecule has 0 unspecified atom stereocenters. The molecule has 0 radical (unpaired) electrons. The molecular formula is C23H31ClN2S. The highest BCUT2D eigenvalue weighted by Gasteiger charge is 2.41. The van der Waals surface area contributed by atoms with E-state index in [-0.39, 0.29) is 23.5 Å². The standard InChI is InChI=1S/C23H30N2S.ClH/c1-22(2)14-9-15-23(3,4)25(22)17-16-24-18-10-5-7-12-20(18)26-21-13-8-6-11-19(21)24;/h5-8,10-13H,9,14-17H2,1-4H3;1H. The second kappa shape index (κ2) is 7.69. The maximum atomic E-state index is 2.75. The Balaban J connectivity index is 0.00000210. The van der Waals surface area contributed by atoms with Crippen LogP contribution in [0.5, 0.6) is 0 Å². The molecule has 1 saturated heterocycles. The van der Waals surface area contributed by atoms with Gasteiger partial charge in [-0.2, -0.15) is 0 Å². The van der Waals surface area contributed by atoms with E-state index in [9.17, 15) is 0 Å². The van der Waals surface area contributed by atoms with Crippen molar-refractivity contribution in [2.75, 3.05) is 18.0 Å². The summed E-state index contributed by atoms with van der Waals surface area (Å²) < 4.78 is 0. The van der Waals surface area contributed by atoms with Crippen LogP contribution in [-0.4, -0.2) is 29.1 Å². The number of likely N-dealkylation sites (tertiary alicyclic amines) is 1. The summed E-state index contributed by atoms with van der Waals surface area (Å²) in [6.45, 7) is 11.8. The maximum Gasteiger partial charge on any atom is 0.0553 e. The molecule has 27 heavy (non-hydrogen) atoms. The van der Waals surface area contributed by atoms with Crippen molar-refractivity contribution in [2.45, 2.75) is 67.8 Å². The third-order valence-electron chi connectivity index (χ3n) is 6.12. The van der Waals surface area contributed by atoms with Crippen LogP contribution < -0.4 is 4.90 Å². The topological polar surface area (TPSA) is 6.48 Å². The summed E-state index contributed by atoms with van der Waals surface area (Å²) >= 11 is 1.89. The van der Waals surface area contributed by atoms with Gasteiger partial charge in [0.15, 0.2) is 0 Å². The average Bonchev–Trinajstić information content (AvgIpc) is 2.59. The number of rotatable bonds is 3. The zero-order valence-electron chi connectivity index (χ0n) is 16.9. The van der Waals surface area contributed by atoms with Gasteiger partial charge < -0.3 is 4.90 Å². The molecule has 4 rings (SSSR count). The number of hydrogen-bond acceptors (Lipinski definition) is 3. The molecule has 0 spiro atoms. The smallest absolute Gasteiger partial charge is 0.0553 e. The molecule has 1 fully saturated rings. The molecule has 2 aromatic carbocycles. The van der Waals surface area contributed by atoms with E-state index in [0.717, 1.165) is 13.1 Å². The third-order valence-corrected chi connectivity index (χ3v) is 7.25. The summed E-state index contributed by atoms with van der Waals surface area (Å²) in [5.74, 6) is 0. The minimum atomic E-state index is 0. The van der Waals surface area contributed by atoms with Gasteiger partial charge in [0.05, 0.1) is 11.4 Å². The van der Waals surface area contributed by atoms with Crippen molar-refractivity contribution in [1.29, 1.82) is 0 Å². The van der Waals surface area contributed by atoms with Gasteiger partial charge in [-0.25, -0.2) is 0 Å². The van der Waals surface area contributed by atoms with Crippen LogP contribution >= 0.6 is 24.2 Å². The number of benzene rings is 2. The fourth-order valence-electron chi connectivity index (χ4n) is 4.87. The number of anilines is 2. The zero-order chi connectivity index (χ0) is 18.4. The van der Waals surface area contributed by atoms with Gasteiger partial charge in [0.25, 0.3) is 0 Å². The van der Waals surface area contributed by atoms with Gasteiger partial charge in [0.2, 0.25) is 0 Å². The first-order chi connectivity index (χ1) is 12.4. The lowest BCUT2D eigenvalue weighted by atomic mass is 9.80. The number of piperidine rings is 1. The van der Waals surface area contributed by atoms with Crippen molar-refractivity contribution in [1.82, 2.24) is 4.90 Å². The van der Waals surface area contributed by atoms with Crippen molar-refractivity contribution in [2.24, 2.45) is 0 Å². The fourth-order valence-corrected chi connectivity index (χ4v) is 5.97. The van der Waals surface area contributed by atoms with Crippen molar-refractivity contribution < 1.29 is 0 Å². The van der Waals surface area contributed by atoms with Gasteiger partial charge in [-0.3, -0.25) is 4.90 Å². The second-order valence-electron chi connectivity index (χ2n) is 8.82. The van der Waals surface area contributed by atoms with Crippen LogP contribution in [0.2, 0.25) is 0 Å². The lowest BCUT2D eigenvalue weighted by molar-refractivity contribution is -0.0237. The van der Waals surface area contributed by atoms with Crippen molar-refractivity contribution in [3.63, 3.8) is 0 Å². The first-order valence-electron chi connectivity index (χ1n) is 9.80. The third kappa shape index (κ3) is 3.87. The van der Waals surface area contributed by atoms with E-state index in [1.165, 1.54) is 40.4 Å². The normalized spacial score (nSPS) is 20.4. The monoisotopic (exact) mass is 402 g/mol. The number of fused-ring (bicyclic) bond motifs is 2. The van der Waals surface area contributed by atoms with Crippen LogP contribution in [0.25, 0.3) is 0 Å². The highest BCUT2D eigenvalue weighted by Crippen LogP contribution is 2.48. The summed E-state index contributed by atoms with van der Waals surface area (Å²) in [5, 5.41) is 0. The predicted octanol–water partition coefficient (Wildman–Crippen LogP) is 6.75. The Labute approximate surface area is 174 Å². The molecule has 0 amide bonds. The van der Waals surface area contributed by atoms with Crippen LogP contribution in [-0.2, 0) is 0 Å². The van der Waals surface area contributed by atoms with E-state index >= 15 is 0 Å². The van der Waals surface area contributed by atoms with Crippen LogP contribution in [0.15, 0.2) is 58.3 Å². The van der Waals surface area contributed by atoms with Gasteiger partial charge in [-0.1, -0.05) is 36.0 Å². The van der Waals surface area contributed by atoms with Gasteiger partial charge in [0.1, 0.15) is 0 Å². The lowest BCUT2D eigenvalue weighted by Gasteiger charge is -2.53. The zero-order valence-corrected chi connectivity index (χ0v) is 18.5. The van der Waals surface area contributed by atoms with Gasteiger partial charge in [0, 0.05) is 34.0 Å². The fraction of sp³-hybridized carbons (Fsp3) is 0.478. The first kappa shape index (κ1) is 20.6. The number of para-hydroxylation sites is 2. The van der Waals surface area contributed by atoms with E-state index in [0.29, 0.717) is 0 Å². The van der Waals surface area contributed by atoms with Crippen molar-refractivity contribution in [3.05, 3.63) is 48.5 Å². The molecule has 2 nitrogen and oxygen atoms in total. The molecule has 0 N–H and O–H groups in total. The Kier molecular flexibility index (Phi) is 5.86. The predicted molar refractivity (Wildman–Crippen MR) is 120 cm³/mol. The molecule has 2 heterocycles. The van der Waals surface area contributed by atoms with Gasteiger partial charge >= 0.3 is 0 Å². The molecule has 0 aromatic heterocycles. The quantitative estimate of drug-likeness (QED) is 0.560. The molecule has 2 aliphatic rings. The summed E-state index contributed by atoms with van der Waals surface area (Å²) in [6, 6.07) is 17.7. The number of nitrogens with zero attached hydrogens (tertiary/aromatic N) is 2. The maximum absolute atomic E-state index is 2.75. The van der Waals surface area contributed by atoms with Gasteiger partial charge in [-0.15, -0.1) is 12.4 Å². The van der Waals surface area contributed by atoms with E-state index in [1.807, 2.05) is 11.8 Å². The molecule has 0 bridgehead atoms.